The molecule has 0 atom stereocenters. The number of ketones is 2. The van der Waals surface area contributed by atoms with Crippen LogP contribution in [-0.2, 0) is 6.42 Å². The third-order valence-electron chi connectivity index (χ3n) is 4.34. The van der Waals surface area contributed by atoms with Crippen LogP contribution in [0.2, 0.25) is 0 Å². The number of benzene rings is 1. The third kappa shape index (κ3) is 3.94. The molecule has 3 heterocycles. The molecule has 0 fully saturated rings. The molecular formula is C20H13F3N4O2S. The van der Waals surface area contributed by atoms with Crippen molar-refractivity contribution in [3.05, 3.63) is 82.0 Å². The summed E-state index contributed by atoms with van der Waals surface area (Å²) in [6, 6.07) is 5.78. The molecule has 0 aliphatic rings. The highest BCUT2D eigenvalue weighted by Crippen LogP contribution is 2.23. The van der Waals surface area contributed by atoms with Crippen LogP contribution in [0.1, 0.15) is 37.8 Å². The number of carbonyl (C=O) groups is 2. The van der Waals surface area contributed by atoms with Crippen molar-refractivity contribution in [2.45, 2.75) is 12.8 Å². The van der Waals surface area contributed by atoms with Gasteiger partial charge in [0.1, 0.15) is 22.5 Å². The van der Waals surface area contributed by atoms with Crippen LogP contribution in [0.4, 0.5) is 13.2 Å². The summed E-state index contributed by atoms with van der Waals surface area (Å²) in [5, 5.41) is 9.50. The van der Waals surface area contributed by atoms with Gasteiger partial charge < -0.3 is 9.97 Å². The van der Waals surface area contributed by atoms with Gasteiger partial charge in [-0.25, -0.2) is 13.2 Å². The fourth-order valence-corrected chi connectivity index (χ4v) is 3.70. The van der Waals surface area contributed by atoms with E-state index < -0.39 is 28.8 Å². The zero-order chi connectivity index (χ0) is 21.3. The first-order valence-corrected chi connectivity index (χ1v) is 9.61. The zero-order valence-corrected chi connectivity index (χ0v) is 16.0. The summed E-state index contributed by atoms with van der Waals surface area (Å²) in [7, 11) is 0. The largest absolute Gasteiger partial charge is 0.359 e. The van der Waals surface area contributed by atoms with E-state index in [0.717, 1.165) is 5.69 Å². The second-order valence-electron chi connectivity index (χ2n) is 6.38. The predicted molar refractivity (Wildman–Crippen MR) is 103 cm³/mol. The molecule has 0 aliphatic carbocycles. The molecule has 0 radical (unpaired) electrons. The minimum absolute atomic E-state index is 0.104. The van der Waals surface area contributed by atoms with E-state index in [1.807, 2.05) is 12.1 Å². The van der Waals surface area contributed by atoms with Crippen LogP contribution in [0.3, 0.4) is 0 Å². The van der Waals surface area contributed by atoms with Crippen molar-refractivity contribution >= 4 is 22.9 Å². The lowest BCUT2D eigenvalue weighted by atomic mass is 10.0. The second-order valence-corrected chi connectivity index (χ2v) is 7.45. The molecule has 0 amide bonds. The van der Waals surface area contributed by atoms with Gasteiger partial charge in [-0.05, 0) is 18.2 Å². The third-order valence-corrected chi connectivity index (χ3v) is 5.36. The molecule has 0 saturated carbocycles. The minimum atomic E-state index is -1.30. The number of Topliss-reactive ketones (excluding diaryl/α,β-unsaturated/α-hetero) is 1. The lowest BCUT2D eigenvalue weighted by molar-refractivity contribution is 0.0978. The first kappa shape index (κ1) is 19.8. The Bertz CT molecular complexity index is 1210. The van der Waals surface area contributed by atoms with Crippen molar-refractivity contribution in [3.63, 3.8) is 0 Å². The topological polar surface area (TPSA) is 91.5 Å². The summed E-state index contributed by atoms with van der Waals surface area (Å²) in [5.74, 6) is -5.02. The van der Waals surface area contributed by atoms with E-state index in [0.29, 0.717) is 28.6 Å². The van der Waals surface area contributed by atoms with Crippen molar-refractivity contribution in [3.8, 4) is 10.7 Å². The molecule has 2 N–H and O–H groups in total. The Balaban J connectivity index is 1.44. The van der Waals surface area contributed by atoms with Gasteiger partial charge in [0.05, 0.1) is 17.0 Å². The summed E-state index contributed by atoms with van der Waals surface area (Å²) in [4.78, 5) is 30.5. The first-order chi connectivity index (χ1) is 14.4. The summed E-state index contributed by atoms with van der Waals surface area (Å²) >= 11 is 1.36. The molecule has 30 heavy (non-hydrogen) atoms. The highest BCUT2D eigenvalue weighted by atomic mass is 32.1. The van der Waals surface area contributed by atoms with Gasteiger partial charge in [-0.2, -0.15) is 0 Å². The molecule has 6 nitrogen and oxygen atoms in total. The van der Waals surface area contributed by atoms with Crippen molar-refractivity contribution in [2.75, 3.05) is 0 Å². The number of aromatic amines is 2. The molecule has 152 valence electrons. The fourth-order valence-electron chi connectivity index (χ4n) is 2.87. The van der Waals surface area contributed by atoms with E-state index in [1.165, 1.54) is 23.6 Å². The number of aromatic nitrogens is 4. The number of hydrogen-bond acceptors (Lipinski definition) is 5. The number of rotatable bonds is 7. The van der Waals surface area contributed by atoms with Crippen LogP contribution in [-0.4, -0.2) is 31.7 Å². The number of carbonyl (C=O) groups excluding carboxylic acids is 2. The Labute approximate surface area is 171 Å². The molecule has 4 aromatic rings. The van der Waals surface area contributed by atoms with Gasteiger partial charge >= 0.3 is 0 Å². The van der Waals surface area contributed by atoms with Crippen LogP contribution >= 0.6 is 11.3 Å². The average Bonchev–Trinajstić information content (AvgIpc) is 3.46. The van der Waals surface area contributed by atoms with E-state index in [-0.39, 0.29) is 23.5 Å². The van der Waals surface area contributed by atoms with Crippen molar-refractivity contribution < 1.29 is 22.8 Å². The van der Waals surface area contributed by atoms with E-state index in [2.05, 4.69) is 20.2 Å². The summed E-state index contributed by atoms with van der Waals surface area (Å²) < 4.78 is 40.7. The van der Waals surface area contributed by atoms with E-state index >= 15 is 0 Å². The molecule has 1 aromatic carbocycles. The Morgan fingerprint density at radius 1 is 1.03 bits per heavy atom. The van der Waals surface area contributed by atoms with E-state index in [4.69, 9.17) is 0 Å². The van der Waals surface area contributed by atoms with Crippen LogP contribution in [0.5, 0.6) is 0 Å². The second kappa shape index (κ2) is 8.07. The average molecular weight is 430 g/mol. The van der Waals surface area contributed by atoms with Crippen molar-refractivity contribution in [1.29, 1.82) is 0 Å². The normalized spacial score (nSPS) is 11.0. The molecule has 0 bridgehead atoms. The molecule has 0 saturated heterocycles. The molecule has 4 rings (SSSR count). The van der Waals surface area contributed by atoms with Gasteiger partial charge in [0.15, 0.2) is 16.6 Å². The lowest BCUT2D eigenvalue weighted by Crippen LogP contribution is -2.07. The Hall–Kier alpha value is -3.53. The monoisotopic (exact) mass is 430 g/mol. The highest BCUT2D eigenvalue weighted by Gasteiger charge is 2.22. The molecule has 3 aromatic heterocycles. The van der Waals surface area contributed by atoms with Crippen LogP contribution in [0, 0.1) is 17.5 Å². The molecule has 0 spiro atoms. The fraction of sp³-hybridized carbons (Fsp3) is 0.100. The molecular weight excluding hydrogens is 417 g/mol. The molecule has 10 heteroatoms. The summed E-state index contributed by atoms with van der Waals surface area (Å²) in [5.41, 5.74) is -0.0268. The van der Waals surface area contributed by atoms with Gasteiger partial charge in [-0.3, -0.25) is 9.59 Å². The van der Waals surface area contributed by atoms with Crippen LogP contribution in [0.15, 0.2) is 42.7 Å². The number of nitrogens with one attached hydrogen (secondary N) is 2. The smallest absolute Gasteiger partial charge is 0.200 e. The summed E-state index contributed by atoms with van der Waals surface area (Å²) in [6.07, 6.45) is 3.41. The zero-order valence-electron chi connectivity index (χ0n) is 15.2. The maximum Gasteiger partial charge on any atom is 0.200 e. The van der Waals surface area contributed by atoms with Gasteiger partial charge in [-0.15, -0.1) is 10.2 Å². The Morgan fingerprint density at radius 2 is 1.80 bits per heavy atom. The standard InChI is InChI=1S/C20H13F3N4O2S/c21-11-7-12(22)18(13(23)8-11)19(29)10-6-15(25-9-10)16(28)3-4-17-26-27-20(30-17)14-2-1-5-24-14/h1-2,5-9,24-25H,3-4H2. The Kier molecular flexibility index (Phi) is 5.32. The van der Waals surface area contributed by atoms with Crippen LogP contribution < -0.4 is 0 Å². The Morgan fingerprint density at radius 3 is 2.50 bits per heavy atom. The van der Waals surface area contributed by atoms with Crippen molar-refractivity contribution in [2.24, 2.45) is 0 Å². The van der Waals surface area contributed by atoms with E-state index in [1.54, 1.807) is 6.20 Å². The van der Waals surface area contributed by atoms with Gasteiger partial charge in [0.25, 0.3) is 0 Å². The number of aryl methyl sites for hydroxylation is 1. The highest BCUT2D eigenvalue weighted by molar-refractivity contribution is 7.14. The SMILES string of the molecule is O=C(CCc1nnc(-c2ccc[nH]2)s1)c1cc(C(=O)c2c(F)cc(F)cc2F)c[nH]1. The summed E-state index contributed by atoms with van der Waals surface area (Å²) in [6.45, 7) is 0. The predicted octanol–water partition coefficient (Wildman–Crippen LogP) is 4.33. The quantitative estimate of drug-likeness (QED) is 0.427. The molecule has 0 unspecified atom stereocenters. The number of halogens is 3. The maximum absolute atomic E-state index is 13.8. The van der Waals surface area contributed by atoms with Gasteiger partial charge in [-0.1, -0.05) is 11.3 Å². The van der Waals surface area contributed by atoms with Gasteiger partial charge in [0, 0.05) is 42.9 Å². The van der Waals surface area contributed by atoms with E-state index in [9.17, 15) is 22.8 Å². The van der Waals surface area contributed by atoms with Crippen molar-refractivity contribution in [1.82, 2.24) is 20.2 Å². The lowest BCUT2D eigenvalue weighted by Gasteiger charge is -2.02. The van der Waals surface area contributed by atoms with Crippen LogP contribution in [0.25, 0.3) is 10.7 Å². The molecule has 0 aliphatic heterocycles. The maximum atomic E-state index is 13.8. The number of hydrogen-bond donors (Lipinski definition) is 2. The minimum Gasteiger partial charge on any atom is -0.359 e. The first-order valence-electron chi connectivity index (χ1n) is 8.79. The number of nitrogens with zero attached hydrogens (tertiary/aromatic N) is 2. The number of H-pyrrole nitrogens is 2. The van der Waals surface area contributed by atoms with Gasteiger partial charge in [0.2, 0.25) is 0 Å².